The molecule has 1 heteroatoms. The van der Waals surface area contributed by atoms with Gasteiger partial charge in [0.05, 0.1) is 0 Å². The summed E-state index contributed by atoms with van der Waals surface area (Å²) in [5.41, 5.74) is 13.1. The lowest BCUT2D eigenvalue weighted by atomic mass is 9.97. The van der Waals surface area contributed by atoms with Gasteiger partial charge in [0.25, 0.3) is 0 Å². The third-order valence-corrected chi connectivity index (χ3v) is 3.89. The molecule has 1 nitrogen and oxygen atoms in total. The molecular formula is C20H19N. The third kappa shape index (κ3) is 2.97. The SMILES string of the molecule is Cc1c(N)cccc1-c1ccc(Cc2ccccc2)cc1. The van der Waals surface area contributed by atoms with Crippen LogP contribution in [0.15, 0.2) is 72.8 Å². The van der Waals surface area contributed by atoms with Crippen LogP contribution in [-0.2, 0) is 6.42 Å². The van der Waals surface area contributed by atoms with E-state index in [1.54, 1.807) is 0 Å². The van der Waals surface area contributed by atoms with Crippen LogP contribution in [-0.4, -0.2) is 0 Å². The maximum atomic E-state index is 5.99. The monoisotopic (exact) mass is 273 g/mol. The Bertz CT molecular complexity index is 728. The van der Waals surface area contributed by atoms with E-state index in [1.807, 2.05) is 12.1 Å². The summed E-state index contributed by atoms with van der Waals surface area (Å²) in [4.78, 5) is 0. The lowest BCUT2D eigenvalue weighted by Gasteiger charge is -2.09. The normalized spacial score (nSPS) is 10.5. The lowest BCUT2D eigenvalue weighted by Crippen LogP contribution is -1.92. The Kier molecular flexibility index (Phi) is 3.74. The first-order valence-corrected chi connectivity index (χ1v) is 7.22. The first kappa shape index (κ1) is 13.4. The molecule has 2 N–H and O–H groups in total. The molecular weight excluding hydrogens is 254 g/mol. The van der Waals surface area contributed by atoms with Crippen molar-refractivity contribution in [2.24, 2.45) is 0 Å². The van der Waals surface area contributed by atoms with E-state index in [2.05, 4.69) is 67.6 Å². The van der Waals surface area contributed by atoms with Crippen LogP contribution < -0.4 is 5.73 Å². The second kappa shape index (κ2) is 5.84. The number of hydrogen-bond donors (Lipinski definition) is 1. The highest BCUT2D eigenvalue weighted by molar-refractivity contribution is 5.72. The Morgan fingerprint density at radius 2 is 1.38 bits per heavy atom. The van der Waals surface area contributed by atoms with Crippen molar-refractivity contribution >= 4 is 5.69 Å². The summed E-state index contributed by atoms with van der Waals surface area (Å²) in [6.07, 6.45) is 0.969. The summed E-state index contributed by atoms with van der Waals surface area (Å²) in [6, 6.07) is 25.4. The largest absolute Gasteiger partial charge is 0.398 e. The third-order valence-electron chi connectivity index (χ3n) is 3.89. The van der Waals surface area contributed by atoms with Gasteiger partial charge in [-0.2, -0.15) is 0 Å². The summed E-state index contributed by atoms with van der Waals surface area (Å²) >= 11 is 0. The van der Waals surface area contributed by atoms with Crippen molar-refractivity contribution in [2.75, 3.05) is 5.73 Å². The summed E-state index contributed by atoms with van der Waals surface area (Å²) in [7, 11) is 0. The van der Waals surface area contributed by atoms with Gasteiger partial charge >= 0.3 is 0 Å². The van der Waals surface area contributed by atoms with Gasteiger partial charge < -0.3 is 5.73 Å². The van der Waals surface area contributed by atoms with E-state index in [9.17, 15) is 0 Å². The molecule has 0 spiro atoms. The lowest BCUT2D eigenvalue weighted by molar-refractivity contribution is 1.19. The van der Waals surface area contributed by atoms with E-state index < -0.39 is 0 Å². The molecule has 0 atom stereocenters. The molecule has 0 saturated heterocycles. The predicted molar refractivity (Wildman–Crippen MR) is 90.3 cm³/mol. The number of anilines is 1. The quantitative estimate of drug-likeness (QED) is 0.679. The van der Waals surface area contributed by atoms with Crippen LogP contribution in [0.3, 0.4) is 0 Å². The molecule has 21 heavy (non-hydrogen) atoms. The van der Waals surface area contributed by atoms with Crippen molar-refractivity contribution in [1.29, 1.82) is 0 Å². The summed E-state index contributed by atoms with van der Waals surface area (Å²) in [5.74, 6) is 0. The van der Waals surface area contributed by atoms with Crippen LogP contribution in [0.1, 0.15) is 16.7 Å². The van der Waals surface area contributed by atoms with Crippen molar-refractivity contribution in [3.63, 3.8) is 0 Å². The highest BCUT2D eigenvalue weighted by Crippen LogP contribution is 2.27. The highest BCUT2D eigenvalue weighted by atomic mass is 14.6. The minimum absolute atomic E-state index is 0.848. The number of nitrogen functional groups attached to an aromatic ring is 1. The molecule has 3 aromatic carbocycles. The molecule has 0 radical (unpaired) electrons. The van der Waals surface area contributed by atoms with E-state index in [0.717, 1.165) is 17.7 Å². The van der Waals surface area contributed by atoms with Gasteiger partial charge in [-0.25, -0.2) is 0 Å². The van der Waals surface area contributed by atoms with Crippen LogP contribution in [0.25, 0.3) is 11.1 Å². The second-order valence-electron chi connectivity index (χ2n) is 5.38. The molecule has 3 rings (SSSR count). The number of nitrogens with two attached hydrogens (primary N) is 1. The average Bonchev–Trinajstić information content (AvgIpc) is 2.52. The van der Waals surface area contributed by atoms with Gasteiger partial charge in [-0.05, 0) is 47.2 Å². The Morgan fingerprint density at radius 3 is 2.10 bits per heavy atom. The molecule has 0 aromatic heterocycles. The first-order valence-electron chi connectivity index (χ1n) is 7.22. The molecule has 0 aliphatic carbocycles. The Labute approximate surface area is 126 Å². The molecule has 104 valence electrons. The van der Waals surface area contributed by atoms with Gasteiger partial charge in [0.15, 0.2) is 0 Å². The van der Waals surface area contributed by atoms with Gasteiger partial charge in [-0.15, -0.1) is 0 Å². The fraction of sp³-hybridized carbons (Fsp3) is 0.100. The maximum Gasteiger partial charge on any atom is 0.0349 e. The summed E-state index contributed by atoms with van der Waals surface area (Å²) < 4.78 is 0. The number of rotatable bonds is 3. The van der Waals surface area contributed by atoms with E-state index in [4.69, 9.17) is 5.73 Å². The number of hydrogen-bond acceptors (Lipinski definition) is 1. The van der Waals surface area contributed by atoms with Gasteiger partial charge in [0.2, 0.25) is 0 Å². The zero-order valence-corrected chi connectivity index (χ0v) is 12.2. The van der Waals surface area contributed by atoms with E-state index in [0.29, 0.717) is 0 Å². The Hall–Kier alpha value is -2.54. The van der Waals surface area contributed by atoms with Crippen molar-refractivity contribution < 1.29 is 0 Å². The molecule has 0 aliphatic heterocycles. The van der Waals surface area contributed by atoms with Gasteiger partial charge in [0.1, 0.15) is 0 Å². The van der Waals surface area contributed by atoms with Crippen LogP contribution in [0.2, 0.25) is 0 Å². The fourth-order valence-corrected chi connectivity index (χ4v) is 2.60. The molecule has 0 aliphatic rings. The molecule has 0 unspecified atom stereocenters. The van der Waals surface area contributed by atoms with Crippen molar-refractivity contribution in [1.82, 2.24) is 0 Å². The number of benzene rings is 3. The smallest absolute Gasteiger partial charge is 0.0349 e. The highest BCUT2D eigenvalue weighted by Gasteiger charge is 2.04. The molecule has 0 bridgehead atoms. The molecule has 0 amide bonds. The van der Waals surface area contributed by atoms with Crippen LogP contribution in [0.5, 0.6) is 0 Å². The van der Waals surface area contributed by atoms with E-state index in [1.165, 1.54) is 22.3 Å². The van der Waals surface area contributed by atoms with E-state index >= 15 is 0 Å². The topological polar surface area (TPSA) is 26.0 Å². The van der Waals surface area contributed by atoms with Crippen molar-refractivity contribution in [3.8, 4) is 11.1 Å². The van der Waals surface area contributed by atoms with Crippen LogP contribution in [0.4, 0.5) is 5.69 Å². The van der Waals surface area contributed by atoms with Crippen LogP contribution in [0, 0.1) is 6.92 Å². The van der Waals surface area contributed by atoms with Gasteiger partial charge in [-0.1, -0.05) is 66.7 Å². The molecule has 0 fully saturated rings. The van der Waals surface area contributed by atoms with Gasteiger partial charge in [-0.3, -0.25) is 0 Å². The first-order chi connectivity index (χ1) is 10.2. The van der Waals surface area contributed by atoms with E-state index in [-0.39, 0.29) is 0 Å². The minimum atomic E-state index is 0.848. The molecule has 3 aromatic rings. The molecule has 0 saturated carbocycles. The van der Waals surface area contributed by atoms with Crippen LogP contribution >= 0.6 is 0 Å². The Balaban J connectivity index is 1.86. The van der Waals surface area contributed by atoms with Gasteiger partial charge in [0, 0.05) is 5.69 Å². The standard InChI is InChI=1S/C20H19N/c1-15-19(8-5-9-20(15)21)18-12-10-17(11-13-18)14-16-6-3-2-4-7-16/h2-13H,14,21H2,1H3. The fourth-order valence-electron chi connectivity index (χ4n) is 2.60. The molecule has 0 heterocycles. The van der Waals surface area contributed by atoms with Crippen molar-refractivity contribution in [3.05, 3.63) is 89.5 Å². The minimum Gasteiger partial charge on any atom is -0.398 e. The summed E-state index contributed by atoms with van der Waals surface area (Å²) in [6.45, 7) is 2.07. The Morgan fingerprint density at radius 1 is 0.714 bits per heavy atom. The average molecular weight is 273 g/mol. The zero-order chi connectivity index (χ0) is 14.7. The summed E-state index contributed by atoms with van der Waals surface area (Å²) in [5, 5.41) is 0. The second-order valence-corrected chi connectivity index (χ2v) is 5.38. The predicted octanol–water partition coefficient (Wildman–Crippen LogP) is 4.84. The maximum absolute atomic E-state index is 5.99. The zero-order valence-electron chi connectivity index (χ0n) is 12.2. The van der Waals surface area contributed by atoms with Crippen molar-refractivity contribution in [2.45, 2.75) is 13.3 Å².